The minimum absolute atomic E-state index is 0.470. The Morgan fingerprint density at radius 1 is 1.40 bits per heavy atom. The van der Waals surface area contributed by atoms with Gasteiger partial charge in [0.25, 0.3) is 0 Å². The van der Waals surface area contributed by atoms with Crippen molar-refractivity contribution in [3.05, 3.63) is 30.1 Å². The molecule has 0 unspecified atom stereocenters. The number of nitrogens with zero attached hydrogens (tertiary/aromatic N) is 2. The van der Waals surface area contributed by atoms with Gasteiger partial charge in [0, 0.05) is 24.0 Å². The van der Waals surface area contributed by atoms with Crippen LogP contribution < -0.4 is 10.7 Å². The molecule has 0 saturated heterocycles. The predicted octanol–water partition coefficient (Wildman–Crippen LogP) is 2.85. The zero-order valence-corrected chi connectivity index (χ0v) is 12.9. The Hall–Kier alpha value is -1.49. The van der Waals surface area contributed by atoms with Gasteiger partial charge in [0.1, 0.15) is 0 Å². The first-order chi connectivity index (χ1) is 9.66. The summed E-state index contributed by atoms with van der Waals surface area (Å²) in [6.45, 7) is 4.22. The summed E-state index contributed by atoms with van der Waals surface area (Å²) >= 11 is 5.31. The maximum absolute atomic E-state index is 5.31. The molecule has 0 aromatic carbocycles. The molecule has 4 nitrogen and oxygen atoms in total. The fourth-order valence-electron chi connectivity index (χ4n) is 2.51. The van der Waals surface area contributed by atoms with Crippen LogP contribution in [0.25, 0.3) is 0 Å². The van der Waals surface area contributed by atoms with Gasteiger partial charge in [-0.1, -0.05) is 25.8 Å². The molecular formula is C15H22N4S. The lowest BCUT2D eigenvalue weighted by atomic mass is 9.86. The number of rotatable bonds is 3. The quantitative estimate of drug-likeness (QED) is 0.510. The van der Waals surface area contributed by atoms with E-state index in [4.69, 9.17) is 12.2 Å². The van der Waals surface area contributed by atoms with E-state index in [1.165, 1.54) is 25.7 Å². The Morgan fingerprint density at radius 3 is 2.90 bits per heavy atom. The summed E-state index contributed by atoms with van der Waals surface area (Å²) in [6.07, 6.45) is 8.62. The lowest BCUT2D eigenvalue weighted by molar-refractivity contribution is 0.308. The fraction of sp³-hybridized carbons (Fsp3) is 0.533. The van der Waals surface area contributed by atoms with E-state index in [0.717, 1.165) is 11.3 Å². The Labute approximate surface area is 126 Å². The number of thiocarbonyl (C=S) groups is 1. The van der Waals surface area contributed by atoms with Crippen molar-refractivity contribution in [1.29, 1.82) is 0 Å². The van der Waals surface area contributed by atoms with Gasteiger partial charge < -0.3 is 5.32 Å². The minimum atomic E-state index is 0.470. The van der Waals surface area contributed by atoms with E-state index in [1.807, 2.05) is 19.1 Å². The second-order valence-electron chi connectivity index (χ2n) is 5.39. The Balaban J connectivity index is 1.85. The molecule has 1 saturated carbocycles. The van der Waals surface area contributed by atoms with Crippen molar-refractivity contribution in [3.8, 4) is 0 Å². The molecule has 2 rings (SSSR count). The highest BCUT2D eigenvalue weighted by Gasteiger charge is 2.21. The Kier molecular flexibility index (Phi) is 5.47. The van der Waals surface area contributed by atoms with Crippen LogP contribution in [-0.2, 0) is 0 Å². The molecule has 1 heterocycles. The van der Waals surface area contributed by atoms with Crippen molar-refractivity contribution in [2.75, 3.05) is 0 Å². The molecule has 1 aromatic heterocycles. The molecule has 0 amide bonds. The van der Waals surface area contributed by atoms with Gasteiger partial charge in [-0.05, 0) is 44.0 Å². The van der Waals surface area contributed by atoms with E-state index in [1.54, 1.807) is 12.4 Å². The molecular weight excluding hydrogens is 268 g/mol. The van der Waals surface area contributed by atoms with Gasteiger partial charge in [0.05, 0.1) is 5.71 Å². The van der Waals surface area contributed by atoms with Crippen LogP contribution in [0, 0.1) is 5.92 Å². The number of hydrazone groups is 1. The lowest BCUT2D eigenvalue weighted by Gasteiger charge is -2.30. The van der Waals surface area contributed by atoms with E-state index in [0.29, 0.717) is 17.1 Å². The summed E-state index contributed by atoms with van der Waals surface area (Å²) in [5.74, 6) is 0.673. The SMILES string of the molecule is C/C(=N/NC(=S)N[C@H]1CCCC[C@H]1C)c1cccnc1. The number of pyridine rings is 1. The fourth-order valence-corrected chi connectivity index (χ4v) is 2.70. The van der Waals surface area contributed by atoms with Crippen molar-refractivity contribution in [2.24, 2.45) is 11.0 Å². The van der Waals surface area contributed by atoms with E-state index >= 15 is 0 Å². The second-order valence-corrected chi connectivity index (χ2v) is 5.80. The van der Waals surface area contributed by atoms with Crippen LogP contribution in [0.5, 0.6) is 0 Å². The van der Waals surface area contributed by atoms with Crippen LogP contribution in [-0.4, -0.2) is 21.8 Å². The average Bonchev–Trinajstić information content (AvgIpc) is 2.48. The first-order valence-electron chi connectivity index (χ1n) is 7.18. The molecule has 0 aliphatic heterocycles. The molecule has 0 spiro atoms. The number of hydrogen-bond donors (Lipinski definition) is 2. The molecule has 0 bridgehead atoms. The van der Waals surface area contributed by atoms with Crippen molar-refractivity contribution in [1.82, 2.24) is 15.7 Å². The highest BCUT2D eigenvalue weighted by molar-refractivity contribution is 7.80. The molecule has 1 aliphatic carbocycles. The maximum atomic E-state index is 5.31. The molecule has 1 aliphatic rings. The van der Waals surface area contributed by atoms with E-state index in [2.05, 4.69) is 27.8 Å². The molecule has 1 aromatic rings. The van der Waals surface area contributed by atoms with E-state index < -0.39 is 0 Å². The molecule has 5 heteroatoms. The first kappa shape index (κ1) is 14.9. The Bertz CT molecular complexity index is 472. The van der Waals surface area contributed by atoms with Crippen molar-refractivity contribution >= 4 is 23.0 Å². The van der Waals surface area contributed by atoms with Crippen molar-refractivity contribution < 1.29 is 0 Å². The Morgan fingerprint density at radius 2 is 2.20 bits per heavy atom. The second kappa shape index (κ2) is 7.33. The molecule has 20 heavy (non-hydrogen) atoms. The third kappa shape index (κ3) is 4.27. The summed E-state index contributed by atoms with van der Waals surface area (Å²) in [5.41, 5.74) is 4.80. The molecule has 2 atom stereocenters. The molecule has 1 fully saturated rings. The van der Waals surface area contributed by atoms with Gasteiger partial charge in [-0.15, -0.1) is 0 Å². The van der Waals surface area contributed by atoms with Crippen molar-refractivity contribution in [3.63, 3.8) is 0 Å². The molecule has 0 radical (unpaired) electrons. The van der Waals surface area contributed by atoms with Gasteiger partial charge in [-0.3, -0.25) is 10.4 Å². The standard InChI is InChI=1S/C15H22N4S/c1-11-6-3-4-8-14(11)17-15(20)19-18-12(2)13-7-5-9-16-10-13/h5,7,9-11,14H,3-4,6,8H2,1-2H3,(H2,17,19,20)/b18-12-/t11-,14+/m1/s1. The van der Waals surface area contributed by atoms with Gasteiger partial charge in [-0.25, -0.2) is 0 Å². The van der Waals surface area contributed by atoms with Gasteiger partial charge in [0.15, 0.2) is 5.11 Å². The van der Waals surface area contributed by atoms with Gasteiger partial charge >= 0.3 is 0 Å². The highest BCUT2D eigenvalue weighted by atomic mass is 32.1. The first-order valence-corrected chi connectivity index (χ1v) is 7.59. The topological polar surface area (TPSA) is 49.3 Å². The number of nitrogens with one attached hydrogen (secondary N) is 2. The van der Waals surface area contributed by atoms with Gasteiger partial charge in [-0.2, -0.15) is 5.10 Å². The third-order valence-electron chi connectivity index (χ3n) is 3.83. The zero-order valence-electron chi connectivity index (χ0n) is 12.1. The smallest absolute Gasteiger partial charge is 0.187 e. The van der Waals surface area contributed by atoms with Crippen LogP contribution in [0.1, 0.15) is 45.1 Å². The summed E-state index contributed by atoms with van der Waals surface area (Å²) in [7, 11) is 0. The summed E-state index contributed by atoms with van der Waals surface area (Å²) in [5, 5.41) is 8.28. The molecule has 2 N–H and O–H groups in total. The van der Waals surface area contributed by atoms with Crippen molar-refractivity contribution in [2.45, 2.75) is 45.6 Å². The number of hydrogen-bond acceptors (Lipinski definition) is 3. The van der Waals surface area contributed by atoms with Gasteiger partial charge in [0.2, 0.25) is 0 Å². The van der Waals surface area contributed by atoms with Crippen LogP contribution >= 0.6 is 12.2 Å². The van der Waals surface area contributed by atoms with Crippen LogP contribution in [0.4, 0.5) is 0 Å². The predicted molar refractivity (Wildman–Crippen MR) is 86.7 cm³/mol. The van der Waals surface area contributed by atoms with E-state index in [-0.39, 0.29) is 0 Å². The zero-order chi connectivity index (χ0) is 14.4. The summed E-state index contributed by atoms with van der Waals surface area (Å²) in [4.78, 5) is 4.08. The van der Waals surface area contributed by atoms with Crippen LogP contribution in [0.3, 0.4) is 0 Å². The highest BCUT2D eigenvalue weighted by Crippen LogP contribution is 2.23. The minimum Gasteiger partial charge on any atom is -0.358 e. The normalized spacial score (nSPS) is 23.2. The molecule has 108 valence electrons. The lowest BCUT2D eigenvalue weighted by Crippen LogP contribution is -2.44. The number of aromatic nitrogens is 1. The van der Waals surface area contributed by atoms with Crippen LogP contribution in [0.2, 0.25) is 0 Å². The monoisotopic (exact) mass is 290 g/mol. The maximum Gasteiger partial charge on any atom is 0.187 e. The average molecular weight is 290 g/mol. The largest absolute Gasteiger partial charge is 0.358 e. The van der Waals surface area contributed by atoms with Crippen LogP contribution in [0.15, 0.2) is 29.6 Å². The summed E-state index contributed by atoms with van der Waals surface area (Å²) < 4.78 is 0. The third-order valence-corrected chi connectivity index (χ3v) is 4.04. The summed E-state index contributed by atoms with van der Waals surface area (Å²) in [6, 6.07) is 4.35. The van der Waals surface area contributed by atoms with E-state index in [9.17, 15) is 0 Å².